The monoisotopic (exact) mass is 279 g/mol. The Morgan fingerprint density at radius 2 is 2.32 bits per heavy atom. The summed E-state index contributed by atoms with van der Waals surface area (Å²) in [6, 6.07) is 5.50. The number of nitrogens with one attached hydrogen (secondary N) is 1. The first-order valence-corrected chi connectivity index (χ1v) is 5.98. The van der Waals surface area contributed by atoms with Crippen LogP contribution in [0.4, 0.5) is 0 Å². The van der Waals surface area contributed by atoms with E-state index in [-0.39, 0.29) is 5.11 Å². The van der Waals surface area contributed by atoms with Crippen molar-refractivity contribution in [3.05, 3.63) is 35.9 Å². The first-order valence-electron chi connectivity index (χ1n) is 5.57. The maximum atomic E-state index is 5.67. The van der Waals surface area contributed by atoms with Gasteiger partial charge in [0.2, 0.25) is 0 Å². The fourth-order valence-electron chi connectivity index (χ4n) is 1.31. The summed E-state index contributed by atoms with van der Waals surface area (Å²) in [5.74, 6) is 1.22. The first kappa shape index (κ1) is 15.0. The molecule has 0 radical (unpaired) electrons. The molecule has 3 N–H and O–H groups in total. The maximum Gasteiger partial charge on any atom is 0.184 e. The van der Waals surface area contributed by atoms with Gasteiger partial charge in [0.1, 0.15) is 6.61 Å². The Balaban J connectivity index is 2.97. The number of hydrazone groups is 1. The summed E-state index contributed by atoms with van der Waals surface area (Å²) >= 11 is 4.66. The molecule has 0 unspecified atom stereocenters. The van der Waals surface area contributed by atoms with Crippen molar-refractivity contribution in [2.24, 2.45) is 10.8 Å². The second-order valence-electron chi connectivity index (χ2n) is 3.86. The average Bonchev–Trinajstić information content (AvgIpc) is 2.36. The molecule has 0 saturated heterocycles. The number of methoxy groups -OCH3 is 1. The minimum atomic E-state index is 0.101. The molecule has 6 heteroatoms. The molecular formula is C13H17N3O2S. The SMILES string of the molecule is C=C(C)COc1c(C=NNC(N)=S)cccc1OC. The van der Waals surface area contributed by atoms with E-state index in [0.717, 1.165) is 11.1 Å². The Bertz CT molecular complexity index is 501. The highest BCUT2D eigenvalue weighted by Gasteiger charge is 2.09. The lowest BCUT2D eigenvalue weighted by Crippen LogP contribution is -2.24. The molecule has 0 aliphatic heterocycles. The Hall–Kier alpha value is -2.08. The molecule has 0 atom stereocenters. The van der Waals surface area contributed by atoms with E-state index in [2.05, 4.69) is 29.3 Å². The highest BCUT2D eigenvalue weighted by atomic mass is 32.1. The summed E-state index contributed by atoms with van der Waals surface area (Å²) in [7, 11) is 1.58. The summed E-state index contributed by atoms with van der Waals surface area (Å²) in [4.78, 5) is 0. The molecule has 19 heavy (non-hydrogen) atoms. The van der Waals surface area contributed by atoms with Crippen LogP contribution in [0.2, 0.25) is 0 Å². The third kappa shape index (κ3) is 4.97. The van der Waals surface area contributed by atoms with E-state index >= 15 is 0 Å². The number of thiocarbonyl (C=S) groups is 1. The van der Waals surface area contributed by atoms with Gasteiger partial charge in [0.25, 0.3) is 0 Å². The molecule has 1 aromatic rings. The topological polar surface area (TPSA) is 68.9 Å². The van der Waals surface area contributed by atoms with Gasteiger partial charge in [-0.05, 0) is 36.8 Å². The molecule has 1 aromatic carbocycles. The van der Waals surface area contributed by atoms with Crippen LogP contribution in [0.25, 0.3) is 0 Å². The molecule has 5 nitrogen and oxygen atoms in total. The van der Waals surface area contributed by atoms with Crippen LogP contribution in [0, 0.1) is 0 Å². The second-order valence-corrected chi connectivity index (χ2v) is 4.30. The third-order valence-corrected chi connectivity index (χ3v) is 2.16. The van der Waals surface area contributed by atoms with E-state index in [1.165, 1.54) is 0 Å². The number of nitrogens with two attached hydrogens (primary N) is 1. The van der Waals surface area contributed by atoms with Crippen molar-refractivity contribution in [1.29, 1.82) is 0 Å². The van der Waals surface area contributed by atoms with Crippen molar-refractivity contribution in [2.45, 2.75) is 6.92 Å². The number of para-hydroxylation sites is 1. The highest BCUT2D eigenvalue weighted by Crippen LogP contribution is 2.30. The second kappa shape index (κ2) is 7.38. The summed E-state index contributed by atoms with van der Waals surface area (Å²) in [5.41, 5.74) is 9.44. The van der Waals surface area contributed by atoms with Crippen LogP contribution in [0.15, 0.2) is 35.5 Å². The average molecular weight is 279 g/mol. The number of rotatable bonds is 6. The van der Waals surface area contributed by atoms with Crippen molar-refractivity contribution in [2.75, 3.05) is 13.7 Å². The van der Waals surface area contributed by atoms with E-state index < -0.39 is 0 Å². The molecule has 0 aliphatic rings. The van der Waals surface area contributed by atoms with Crippen molar-refractivity contribution in [3.63, 3.8) is 0 Å². The van der Waals surface area contributed by atoms with Crippen LogP contribution in [0.5, 0.6) is 11.5 Å². The van der Waals surface area contributed by atoms with Gasteiger partial charge in [-0.3, -0.25) is 5.43 Å². The normalized spacial score (nSPS) is 10.2. The Morgan fingerprint density at radius 1 is 1.58 bits per heavy atom. The molecule has 0 aliphatic carbocycles. The smallest absolute Gasteiger partial charge is 0.184 e. The van der Waals surface area contributed by atoms with Crippen molar-refractivity contribution in [3.8, 4) is 11.5 Å². The van der Waals surface area contributed by atoms with Gasteiger partial charge < -0.3 is 15.2 Å². The fraction of sp³-hybridized carbons (Fsp3) is 0.231. The number of ether oxygens (including phenoxy) is 2. The van der Waals surface area contributed by atoms with E-state index in [0.29, 0.717) is 18.1 Å². The van der Waals surface area contributed by atoms with Crippen LogP contribution in [-0.4, -0.2) is 25.0 Å². The van der Waals surface area contributed by atoms with E-state index in [4.69, 9.17) is 15.2 Å². The van der Waals surface area contributed by atoms with Gasteiger partial charge in [-0.15, -0.1) is 0 Å². The molecule has 0 aromatic heterocycles. The predicted molar refractivity (Wildman–Crippen MR) is 80.8 cm³/mol. The lowest BCUT2D eigenvalue weighted by atomic mass is 10.2. The molecule has 0 spiro atoms. The van der Waals surface area contributed by atoms with Crippen LogP contribution >= 0.6 is 12.2 Å². The number of hydrogen-bond acceptors (Lipinski definition) is 4. The highest BCUT2D eigenvalue weighted by molar-refractivity contribution is 7.80. The lowest BCUT2D eigenvalue weighted by Gasteiger charge is -2.12. The van der Waals surface area contributed by atoms with Crippen molar-refractivity contribution < 1.29 is 9.47 Å². The predicted octanol–water partition coefficient (Wildman–Crippen LogP) is 1.82. The van der Waals surface area contributed by atoms with Gasteiger partial charge in [-0.1, -0.05) is 12.6 Å². The zero-order valence-electron chi connectivity index (χ0n) is 11.0. The quantitative estimate of drug-likeness (QED) is 0.360. The van der Waals surface area contributed by atoms with Crippen LogP contribution < -0.4 is 20.6 Å². The third-order valence-electron chi connectivity index (χ3n) is 2.07. The van der Waals surface area contributed by atoms with E-state index in [9.17, 15) is 0 Å². The maximum absolute atomic E-state index is 5.67. The van der Waals surface area contributed by atoms with E-state index in [1.54, 1.807) is 13.3 Å². The van der Waals surface area contributed by atoms with Crippen LogP contribution in [-0.2, 0) is 0 Å². The summed E-state index contributed by atoms with van der Waals surface area (Å²) in [5, 5.41) is 4.01. The minimum absolute atomic E-state index is 0.101. The number of nitrogens with zero attached hydrogens (tertiary/aromatic N) is 1. The van der Waals surface area contributed by atoms with Crippen LogP contribution in [0.1, 0.15) is 12.5 Å². The van der Waals surface area contributed by atoms with Crippen LogP contribution in [0.3, 0.4) is 0 Å². The Labute approximate surface area is 118 Å². The molecule has 0 saturated carbocycles. The van der Waals surface area contributed by atoms with Gasteiger partial charge >= 0.3 is 0 Å². The molecular weight excluding hydrogens is 262 g/mol. The fourth-order valence-corrected chi connectivity index (χ4v) is 1.36. The molecule has 0 bridgehead atoms. The van der Waals surface area contributed by atoms with E-state index in [1.807, 2.05) is 25.1 Å². The van der Waals surface area contributed by atoms with Gasteiger partial charge in [0.05, 0.1) is 13.3 Å². The van der Waals surface area contributed by atoms with Gasteiger partial charge in [0, 0.05) is 5.56 Å². The standard InChI is InChI=1S/C13H17N3O2S/c1-9(2)8-18-12-10(7-15-16-13(14)19)5-4-6-11(12)17-3/h4-7H,1,8H2,2-3H3,(H3,14,16,19). The number of benzene rings is 1. The van der Waals surface area contributed by atoms with Gasteiger partial charge in [-0.2, -0.15) is 5.10 Å². The Kier molecular flexibility index (Phi) is 5.81. The molecule has 0 heterocycles. The van der Waals surface area contributed by atoms with Crippen molar-refractivity contribution in [1.82, 2.24) is 5.43 Å². The lowest BCUT2D eigenvalue weighted by molar-refractivity contribution is 0.319. The Morgan fingerprint density at radius 3 is 2.89 bits per heavy atom. The first-order chi connectivity index (χ1) is 9.04. The zero-order valence-corrected chi connectivity index (χ0v) is 11.8. The zero-order chi connectivity index (χ0) is 14.3. The van der Waals surface area contributed by atoms with Gasteiger partial charge in [-0.25, -0.2) is 0 Å². The molecule has 0 fully saturated rings. The molecule has 1 rings (SSSR count). The summed E-state index contributed by atoms with van der Waals surface area (Å²) < 4.78 is 10.9. The largest absolute Gasteiger partial charge is 0.493 e. The van der Waals surface area contributed by atoms with Gasteiger partial charge in [0.15, 0.2) is 16.6 Å². The summed E-state index contributed by atoms with van der Waals surface area (Å²) in [6.07, 6.45) is 1.56. The van der Waals surface area contributed by atoms with Crippen molar-refractivity contribution >= 4 is 23.5 Å². The molecule has 102 valence electrons. The number of hydrogen-bond donors (Lipinski definition) is 2. The molecule has 0 amide bonds. The minimum Gasteiger partial charge on any atom is -0.493 e. The summed E-state index contributed by atoms with van der Waals surface area (Å²) in [6.45, 7) is 6.09.